The summed E-state index contributed by atoms with van der Waals surface area (Å²) in [7, 11) is 0. The van der Waals surface area contributed by atoms with Crippen molar-refractivity contribution in [2.24, 2.45) is 4.99 Å². The van der Waals surface area contributed by atoms with E-state index in [2.05, 4.69) is 25.7 Å². The molecule has 1 aromatic heterocycles. The zero-order valence-electron chi connectivity index (χ0n) is 14.6. The summed E-state index contributed by atoms with van der Waals surface area (Å²) in [5, 5.41) is 11.4. The number of benzene rings is 2. The number of nitrogens with one attached hydrogen (secondary N) is 2. The second kappa shape index (κ2) is 9.01. The van der Waals surface area contributed by atoms with E-state index in [9.17, 15) is 0 Å². The van der Waals surface area contributed by atoms with Crippen molar-refractivity contribution in [3.63, 3.8) is 0 Å². The van der Waals surface area contributed by atoms with Gasteiger partial charge < -0.3 is 10.6 Å². The molecule has 0 radical (unpaired) electrons. The molecule has 0 amide bonds. The van der Waals surface area contributed by atoms with E-state index in [0.717, 1.165) is 34.3 Å². The van der Waals surface area contributed by atoms with Gasteiger partial charge in [-0.15, -0.1) is 0 Å². The van der Waals surface area contributed by atoms with Crippen LogP contribution in [0.5, 0.6) is 0 Å². The highest BCUT2D eigenvalue weighted by Gasteiger charge is 2.02. The topological polar surface area (TPSA) is 67.1 Å². The van der Waals surface area contributed by atoms with E-state index >= 15 is 0 Å². The van der Waals surface area contributed by atoms with Gasteiger partial charge in [-0.25, -0.2) is 14.7 Å². The Balaban J connectivity index is 1.62. The van der Waals surface area contributed by atoms with Gasteiger partial charge in [-0.05, 0) is 36.2 Å². The zero-order valence-corrected chi connectivity index (χ0v) is 15.3. The Morgan fingerprint density at radius 2 is 1.92 bits per heavy atom. The quantitative estimate of drug-likeness (QED) is 0.518. The fourth-order valence-electron chi connectivity index (χ4n) is 2.43. The molecule has 0 fully saturated rings. The van der Waals surface area contributed by atoms with Crippen molar-refractivity contribution >= 4 is 17.6 Å². The molecule has 0 aliphatic carbocycles. The lowest BCUT2D eigenvalue weighted by atomic mass is 10.2. The molecule has 0 spiro atoms. The first-order valence-electron chi connectivity index (χ1n) is 8.46. The zero-order chi connectivity index (χ0) is 18.2. The highest BCUT2D eigenvalue weighted by atomic mass is 35.5. The molecule has 0 aliphatic heterocycles. The van der Waals surface area contributed by atoms with Crippen LogP contribution in [0.2, 0.25) is 5.02 Å². The molecule has 26 heavy (non-hydrogen) atoms. The van der Waals surface area contributed by atoms with Crippen LogP contribution in [0.15, 0.2) is 66.2 Å². The van der Waals surface area contributed by atoms with Crippen molar-refractivity contribution in [1.82, 2.24) is 25.4 Å². The first-order valence-corrected chi connectivity index (χ1v) is 8.83. The minimum absolute atomic E-state index is 0.579. The van der Waals surface area contributed by atoms with Crippen LogP contribution >= 0.6 is 11.6 Å². The molecular weight excluding hydrogens is 348 g/mol. The van der Waals surface area contributed by atoms with Crippen LogP contribution in [-0.4, -0.2) is 27.3 Å². The number of halogens is 1. The smallest absolute Gasteiger partial charge is 0.191 e. The van der Waals surface area contributed by atoms with Crippen LogP contribution in [0.25, 0.3) is 5.69 Å². The summed E-state index contributed by atoms with van der Waals surface area (Å²) < 4.78 is 1.72. The molecule has 0 saturated carbocycles. The van der Waals surface area contributed by atoms with Gasteiger partial charge in [-0.1, -0.05) is 41.9 Å². The summed E-state index contributed by atoms with van der Waals surface area (Å²) in [4.78, 5) is 8.59. The number of aliphatic imine (C=N–C) groups is 1. The van der Waals surface area contributed by atoms with Gasteiger partial charge in [0.25, 0.3) is 0 Å². The van der Waals surface area contributed by atoms with Crippen LogP contribution in [0, 0.1) is 0 Å². The van der Waals surface area contributed by atoms with Gasteiger partial charge in [0.2, 0.25) is 0 Å². The molecule has 3 aromatic rings. The molecule has 134 valence electrons. The van der Waals surface area contributed by atoms with E-state index in [1.54, 1.807) is 11.0 Å². The SMILES string of the molecule is CCNC(=NCc1ccc(-n2cncn2)cc1)NCc1ccccc1Cl. The maximum absolute atomic E-state index is 6.20. The van der Waals surface area contributed by atoms with Crippen molar-refractivity contribution in [2.45, 2.75) is 20.0 Å². The molecule has 1 heterocycles. The third kappa shape index (κ3) is 4.83. The van der Waals surface area contributed by atoms with Gasteiger partial charge in [-0.3, -0.25) is 0 Å². The van der Waals surface area contributed by atoms with Gasteiger partial charge in [0.1, 0.15) is 12.7 Å². The molecule has 0 saturated heterocycles. The predicted octanol–water partition coefficient (Wildman–Crippen LogP) is 3.18. The van der Waals surface area contributed by atoms with Crippen molar-refractivity contribution in [2.75, 3.05) is 6.54 Å². The lowest BCUT2D eigenvalue weighted by Gasteiger charge is -2.12. The Bertz CT molecular complexity index is 843. The molecule has 0 aliphatic rings. The maximum atomic E-state index is 6.20. The summed E-state index contributed by atoms with van der Waals surface area (Å²) >= 11 is 6.20. The monoisotopic (exact) mass is 368 g/mol. The summed E-state index contributed by atoms with van der Waals surface area (Å²) in [5.74, 6) is 0.757. The Hall–Kier alpha value is -2.86. The molecule has 7 heteroatoms. The van der Waals surface area contributed by atoms with Crippen LogP contribution in [0.3, 0.4) is 0 Å². The Morgan fingerprint density at radius 1 is 1.12 bits per heavy atom. The molecule has 2 aromatic carbocycles. The molecular formula is C19H21ClN6. The number of rotatable bonds is 6. The average Bonchev–Trinajstić information content (AvgIpc) is 3.20. The lowest BCUT2D eigenvalue weighted by molar-refractivity contribution is 0.816. The summed E-state index contributed by atoms with van der Waals surface area (Å²) in [5.41, 5.74) is 3.12. The van der Waals surface area contributed by atoms with Crippen LogP contribution in [0.1, 0.15) is 18.1 Å². The van der Waals surface area contributed by atoms with Crippen LogP contribution in [-0.2, 0) is 13.1 Å². The first kappa shape index (κ1) is 17.9. The van der Waals surface area contributed by atoms with E-state index in [-0.39, 0.29) is 0 Å². The predicted molar refractivity (Wildman–Crippen MR) is 104 cm³/mol. The molecule has 0 unspecified atom stereocenters. The van der Waals surface area contributed by atoms with Crippen molar-refractivity contribution in [3.8, 4) is 5.69 Å². The Morgan fingerprint density at radius 3 is 2.62 bits per heavy atom. The van der Waals surface area contributed by atoms with Crippen LogP contribution in [0.4, 0.5) is 0 Å². The summed E-state index contributed by atoms with van der Waals surface area (Å²) in [6.45, 7) is 4.03. The van der Waals surface area contributed by atoms with E-state index in [1.807, 2.05) is 55.5 Å². The number of nitrogens with zero attached hydrogens (tertiary/aromatic N) is 4. The number of guanidine groups is 1. The highest BCUT2D eigenvalue weighted by Crippen LogP contribution is 2.14. The van der Waals surface area contributed by atoms with Gasteiger partial charge in [-0.2, -0.15) is 5.10 Å². The Kier molecular flexibility index (Phi) is 6.22. The van der Waals surface area contributed by atoms with Gasteiger partial charge in [0, 0.05) is 18.1 Å². The fourth-order valence-corrected chi connectivity index (χ4v) is 2.63. The van der Waals surface area contributed by atoms with Crippen LogP contribution < -0.4 is 10.6 Å². The standard InChI is InChI=1S/C19H21ClN6/c1-2-22-19(24-12-16-5-3-4-6-18(16)20)23-11-15-7-9-17(10-8-15)26-14-21-13-25-26/h3-10,13-14H,2,11-12H2,1H3,(H2,22,23,24). The van der Waals surface area contributed by atoms with Gasteiger partial charge >= 0.3 is 0 Å². The minimum Gasteiger partial charge on any atom is -0.357 e. The second-order valence-electron chi connectivity index (χ2n) is 5.65. The second-order valence-corrected chi connectivity index (χ2v) is 6.05. The highest BCUT2D eigenvalue weighted by molar-refractivity contribution is 6.31. The number of hydrogen-bond acceptors (Lipinski definition) is 3. The molecule has 2 N–H and O–H groups in total. The normalized spacial score (nSPS) is 11.4. The van der Waals surface area contributed by atoms with Crippen molar-refractivity contribution in [1.29, 1.82) is 0 Å². The maximum Gasteiger partial charge on any atom is 0.191 e. The van der Waals surface area contributed by atoms with E-state index in [1.165, 1.54) is 6.33 Å². The molecule has 3 rings (SSSR count). The average molecular weight is 369 g/mol. The third-order valence-corrected chi connectivity index (χ3v) is 4.16. The van der Waals surface area contributed by atoms with E-state index < -0.39 is 0 Å². The first-order chi connectivity index (χ1) is 12.8. The largest absolute Gasteiger partial charge is 0.357 e. The molecule has 0 atom stereocenters. The van der Waals surface area contributed by atoms with E-state index in [0.29, 0.717) is 13.1 Å². The summed E-state index contributed by atoms with van der Waals surface area (Å²) in [6.07, 6.45) is 3.20. The van der Waals surface area contributed by atoms with Gasteiger partial charge in [0.15, 0.2) is 5.96 Å². The summed E-state index contributed by atoms with van der Waals surface area (Å²) in [6, 6.07) is 15.9. The van der Waals surface area contributed by atoms with E-state index in [4.69, 9.17) is 11.6 Å². The fraction of sp³-hybridized carbons (Fsp3) is 0.211. The molecule has 0 bridgehead atoms. The molecule has 6 nitrogen and oxygen atoms in total. The minimum atomic E-state index is 0.579. The Labute approximate surface area is 157 Å². The third-order valence-electron chi connectivity index (χ3n) is 3.79. The van der Waals surface area contributed by atoms with Gasteiger partial charge in [0.05, 0.1) is 12.2 Å². The van der Waals surface area contributed by atoms with Crippen molar-refractivity contribution < 1.29 is 0 Å². The number of hydrogen-bond donors (Lipinski definition) is 2. The lowest BCUT2D eigenvalue weighted by Crippen LogP contribution is -2.36. The van der Waals surface area contributed by atoms with Crippen molar-refractivity contribution in [3.05, 3.63) is 77.3 Å². The number of aromatic nitrogens is 3.